The Kier molecular flexibility index (Phi) is 2.70. The highest BCUT2D eigenvalue weighted by Crippen LogP contribution is 2.15. The van der Waals surface area contributed by atoms with Gasteiger partial charge < -0.3 is 10.7 Å². The zero-order chi connectivity index (χ0) is 11.7. The molecule has 84 valence electrons. The van der Waals surface area contributed by atoms with Gasteiger partial charge in [-0.25, -0.2) is 9.18 Å². The van der Waals surface area contributed by atoms with Crippen molar-refractivity contribution in [2.24, 2.45) is 5.73 Å². The van der Waals surface area contributed by atoms with Gasteiger partial charge in [-0.2, -0.15) is 4.98 Å². The minimum Gasteiger partial charge on any atom is -0.328 e. The predicted molar refractivity (Wildman–Crippen MR) is 59.7 cm³/mol. The van der Waals surface area contributed by atoms with Gasteiger partial charge in [0.25, 0.3) is 0 Å². The molecule has 0 saturated carbocycles. The Bertz CT molecular complexity index is 577. The van der Waals surface area contributed by atoms with Crippen LogP contribution in [-0.4, -0.2) is 16.0 Å². The normalized spacial score (nSPS) is 12.9. The number of nitrogens with two attached hydrogens (primary N) is 1. The lowest BCUT2D eigenvalue weighted by Crippen LogP contribution is -2.22. The second-order valence-corrected chi connectivity index (χ2v) is 3.86. The first-order chi connectivity index (χ1) is 7.56. The number of halogens is 1. The third kappa shape index (κ3) is 2.09. The molecule has 1 unspecified atom stereocenters. The van der Waals surface area contributed by atoms with Crippen LogP contribution in [0.4, 0.5) is 4.39 Å². The Labute approximate surface area is 91.3 Å². The Balaban J connectivity index is 2.68. The Morgan fingerprint density at radius 2 is 2.31 bits per heavy atom. The van der Waals surface area contributed by atoms with E-state index in [1.807, 2.05) is 6.92 Å². The SMILES string of the molecule is CC(N)Cc1[nH]c(=O)nc2cc(F)ccc12. The van der Waals surface area contributed by atoms with E-state index < -0.39 is 11.5 Å². The summed E-state index contributed by atoms with van der Waals surface area (Å²) in [5.74, 6) is -0.405. The maximum atomic E-state index is 13.0. The minimum absolute atomic E-state index is 0.0775. The summed E-state index contributed by atoms with van der Waals surface area (Å²) in [4.78, 5) is 17.6. The molecule has 0 aliphatic rings. The standard InChI is InChI=1S/C11H12FN3O/c1-6(13)4-9-8-3-2-7(12)5-10(8)15-11(16)14-9/h2-3,5-6H,4,13H2,1H3,(H,14,15,16). The highest BCUT2D eigenvalue weighted by atomic mass is 19.1. The summed E-state index contributed by atoms with van der Waals surface area (Å²) >= 11 is 0. The van der Waals surface area contributed by atoms with Gasteiger partial charge in [0.2, 0.25) is 0 Å². The third-order valence-corrected chi connectivity index (χ3v) is 2.29. The molecule has 0 bridgehead atoms. The summed E-state index contributed by atoms with van der Waals surface area (Å²) in [6.45, 7) is 1.84. The topological polar surface area (TPSA) is 71.8 Å². The average molecular weight is 221 g/mol. The van der Waals surface area contributed by atoms with Gasteiger partial charge in [0.1, 0.15) is 5.82 Å². The average Bonchev–Trinajstić information content (AvgIpc) is 2.15. The van der Waals surface area contributed by atoms with E-state index in [-0.39, 0.29) is 6.04 Å². The fraction of sp³-hybridized carbons (Fsp3) is 0.273. The van der Waals surface area contributed by atoms with E-state index in [4.69, 9.17) is 5.73 Å². The number of benzene rings is 1. The van der Waals surface area contributed by atoms with E-state index in [1.54, 1.807) is 6.07 Å². The van der Waals surface area contributed by atoms with Crippen molar-refractivity contribution in [2.45, 2.75) is 19.4 Å². The van der Waals surface area contributed by atoms with Crippen molar-refractivity contribution in [2.75, 3.05) is 0 Å². The van der Waals surface area contributed by atoms with E-state index in [1.165, 1.54) is 12.1 Å². The van der Waals surface area contributed by atoms with Gasteiger partial charge in [0.05, 0.1) is 5.52 Å². The minimum atomic E-state index is -0.478. The molecule has 0 aliphatic carbocycles. The molecule has 0 saturated heterocycles. The summed E-state index contributed by atoms with van der Waals surface area (Å²) in [6, 6.07) is 4.11. The van der Waals surface area contributed by atoms with Crippen LogP contribution in [0, 0.1) is 5.82 Å². The number of H-pyrrole nitrogens is 1. The Morgan fingerprint density at radius 3 is 3.00 bits per heavy atom. The van der Waals surface area contributed by atoms with Crippen LogP contribution >= 0.6 is 0 Å². The molecular weight excluding hydrogens is 209 g/mol. The molecule has 1 aromatic carbocycles. The number of aromatic nitrogens is 2. The number of nitrogens with zero attached hydrogens (tertiary/aromatic N) is 1. The van der Waals surface area contributed by atoms with E-state index in [0.717, 1.165) is 5.39 Å². The fourth-order valence-electron chi connectivity index (χ4n) is 1.67. The Hall–Kier alpha value is -1.75. The van der Waals surface area contributed by atoms with Gasteiger partial charge in [0.15, 0.2) is 0 Å². The summed E-state index contributed by atoms with van der Waals surface area (Å²) < 4.78 is 13.0. The molecule has 16 heavy (non-hydrogen) atoms. The van der Waals surface area contributed by atoms with Crippen molar-refractivity contribution >= 4 is 10.9 Å². The van der Waals surface area contributed by atoms with Crippen molar-refractivity contribution in [3.63, 3.8) is 0 Å². The fourth-order valence-corrected chi connectivity index (χ4v) is 1.67. The molecule has 1 aromatic heterocycles. The summed E-state index contributed by atoms with van der Waals surface area (Å²) in [5.41, 5.74) is 6.26. The maximum Gasteiger partial charge on any atom is 0.345 e. The second-order valence-electron chi connectivity index (χ2n) is 3.86. The van der Waals surface area contributed by atoms with Crippen LogP contribution in [0.15, 0.2) is 23.0 Å². The lowest BCUT2D eigenvalue weighted by molar-refractivity contribution is 0.629. The summed E-state index contributed by atoms with van der Waals surface area (Å²) in [7, 11) is 0. The van der Waals surface area contributed by atoms with Gasteiger partial charge in [-0.1, -0.05) is 0 Å². The third-order valence-electron chi connectivity index (χ3n) is 2.29. The molecule has 1 atom stereocenters. The van der Waals surface area contributed by atoms with Gasteiger partial charge in [-0.05, 0) is 19.1 Å². The van der Waals surface area contributed by atoms with Gasteiger partial charge in [-0.3, -0.25) is 0 Å². The largest absolute Gasteiger partial charge is 0.345 e. The molecule has 0 radical (unpaired) electrons. The first-order valence-corrected chi connectivity index (χ1v) is 5.00. The van der Waals surface area contributed by atoms with E-state index in [9.17, 15) is 9.18 Å². The van der Waals surface area contributed by atoms with Crippen LogP contribution in [0.2, 0.25) is 0 Å². The molecule has 3 N–H and O–H groups in total. The molecule has 0 fully saturated rings. The molecular formula is C11H12FN3O. The van der Waals surface area contributed by atoms with Crippen LogP contribution in [0.25, 0.3) is 10.9 Å². The zero-order valence-corrected chi connectivity index (χ0v) is 8.83. The van der Waals surface area contributed by atoms with Crippen LogP contribution in [0.3, 0.4) is 0 Å². The highest BCUT2D eigenvalue weighted by molar-refractivity contribution is 5.80. The first-order valence-electron chi connectivity index (χ1n) is 5.00. The van der Waals surface area contributed by atoms with Gasteiger partial charge in [-0.15, -0.1) is 0 Å². The molecule has 1 heterocycles. The highest BCUT2D eigenvalue weighted by Gasteiger charge is 2.07. The summed E-state index contributed by atoms with van der Waals surface area (Å²) in [5, 5.41) is 0.735. The molecule has 0 aliphatic heterocycles. The maximum absolute atomic E-state index is 13.0. The van der Waals surface area contributed by atoms with Crippen LogP contribution in [-0.2, 0) is 6.42 Å². The molecule has 0 spiro atoms. The lowest BCUT2D eigenvalue weighted by Gasteiger charge is -2.07. The quantitative estimate of drug-likeness (QED) is 0.793. The molecule has 2 rings (SSSR count). The number of rotatable bonds is 2. The Morgan fingerprint density at radius 1 is 1.56 bits per heavy atom. The summed E-state index contributed by atoms with van der Waals surface area (Å²) in [6.07, 6.45) is 0.528. The number of aromatic amines is 1. The lowest BCUT2D eigenvalue weighted by atomic mass is 10.1. The number of hydrogen-bond donors (Lipinski definition) is 2. The van der Waals surface area contributed by atoms with Crippen LogP contribution in [0.5, 0.6) is 0 Å². The van der Waals surface area contributed by atoms with E-state index in [0.29, 0.717) is 17.6 Å². The molecule has 2 aromatic rings. The van der Waals surface area contributed by atoms with Crippen molar-refractivity contribution in [3.05, 3.63) is 40.2 Å². The van der Waals surface area contributed by atoms with Gasteiger partial charge in [0, 0.05) is 29.6 Å². The predicted octanol–water partition coefficient (Wildman–Crippen LogP) is 0.952. The molecule has 5 heteroatoms. The van der Waals surface area contributed by atoms with Crippen molar-refractivity contribution < 1.29 is 4.39 Å². The molecule has 4 nitrogen and oxygen atoms in total. The number of hydrogen-bond acceptors (Lipinski definition) is 3. The van der Waals surface area contributed by atoms with Crippen molar-refractivity contribution in [1.29, 1.82) is 0 Å². The smallest absolute Gasteiger partial charge is 0.328 e. The first kappa shape index (κ1) is 10.8. The monoisotopic (exact) mass is 221 g/mol. The zero-order valence-electron chi connectivity index (χ0n) is 8.83. The number of fused-ring (bicyclic) bond motifs is 1. The van der Waals surface area contributed by atoms with E-state index in [2.05, 4.69) is 9.97 Å². The van der Waals surface area contributed by atoms with Crippen molar-refractivity contribution in [1.82, 2.24) is 9.97 Å². The van der Waals surface area contributed by atoms with Crippen LogP contribution < -0.4 is 11.4 Å². The second kappa shape index (κ2) is 4.02. The van der Waals surface area contributed by atoms with Crippen molar-refractivity contribution in [3.8, 4) is 0 Å². The van der Waals surface area contributed by atoms with Crippen LogP contribution in [0.1, 0.15) is 12.6 Å². The molecule has 0 amide bonds. The number of nitrogens with one attached hydrogen (secondary N) is 1. The van der Waals surface area contributed by atoms with E-state index >= 15 is 0 Å². The van der Waals surface area contributed by atoms with Gasteiger partial charge >= 0.3 is 5.69 Å².